The van der Waals surface area contributed by atoms with Crippen molar-refractivity contribution in [2.75, 3.05) is 5.32 Å². The Hall–Kier alpha value is -2.50. The summed E-state index contributed by atoms with van der Waals surface area (Å²) in [4.78, 5) is 24.0. The zero-order chi connectivity index (χ0) is 14.4. The van der Waals surface area contributed by atoms with Gasteiger partial charge >= 0.3 is 0 Å². The summed E-state index contributed by atoms with van der Waals surface area (Å²) in [6.07, 6.45) is 4.79. The van der Waals surface area contributed by atoms with Gasteiger partial charge in [0.05, 0.1) is 0 Å². The van der Waals surface area contributed by atoms with Crippen molar-refractivity contribution in [2.24, 2.45) is 0 Å². The van der Waals surface area contributed by atoms with Gasteiger partial charge in [-0.25, -0.2) is 9.97 Å². The second-order valence-electron chi connectivity index (χ2n) is 4.63. The lowest BCUT2D eigenvalue weighted by Crippen LogP contribution is -2.24. The van der Waals surface area contributed by atoms with Crippen LogP contribution in [0.2, 0.25) is 0 Å². The molecule has 104 valence electrons. The number of rotatable bonds is 5. The van der Waals surface area contributed by atoms with E-state index < -0.39 is 0 Å². The molecule has 0 spiro atoms. The van der Waals surface area contributed by atoms with Crippen LogP contribution in [0, 0.1) is 0 Å². The van der Waals surface area contributed by atoms with Crippen LogP contribution in [0.4, 0.5) is 5.82 Å². The van der Waals surface area contributed by atoms with E-state index in [9.17, 15) is 4.79 Å². The smallest absolute Gasteiger partial charge is 0.270 e. The molecule has 0 aromatic carbocycles. The van der Waals surface area contributed by atoms with Crippen LogP contribution in [0.3, 0.4) is 0 Å². The molecule has 0 radical (unpaired) electrons. The van der Waals surface area contributed by atoms with E-state index in [1.165, 1.54) is 6.33 Å². The maximum absolute atomic E-state index is 12.0. The molecule has 6 heteroatoms. The summed E-state index contributed by atoms with van der Waals surface area (Å²) in [6, 6.07) is 5.62. The normalized spacial score (nSPS) is 10.3. The predicted molar refractivity (Wildman–Crippen MR) is 76.2 cm³/mol. The van der Waals surface area contributed by atoms with Crippen LogP contribution in [0.15, 0.2) is 36.9 Å². The van der Waals surface area contributed by atoms with E-state index in [2.05, 4.69) is 25.6 Å². The van der Waals surface area contributed by atoms with E-state index in [-0.39, 0.29) is 11.9 Å². The van der Waals surface area contributed by atoms with Crippen LogP contribution in [-0.2, 0) is 6.54 Å². The van der Waals surface area contributed by atoms with Crippen LogP contribution in [0.5, 0.6) is 0 Å². The average molecular weight is 271 g/mol. The second kappa shape index (κ2) is 6.60. The Kier molecular flexibility index (Phi) is 4.60. The number of carbonyl (C=O) groups is 1. The third-order valence-electron chi connectivity index (χ3n) is 2.51. The molecular weight excluding hydrogens is 254 g/mol. The van der Waals surface area contributed by atoms with Crippen molar-refractivity contribution in [1.29, 1.82) is 0 Å². The van der Waals surface area contributed by atoms with Crippen LogP contribution < -0.4 is 10.6 Å². The summed E-state index contributed by atoms with van der Waals surface area (Å²) in [5.41, 5.74) is 1.28. The molecule has 0 aliphatic rings. The maximum atomic E-state index is 12.0. The molecule has 20 heavy (non-hydrogen) atoms. The topological polar surface area (TPSA) is 79.8 Å². The molecule has 0 atom stereocenters. The van der Waals surface area contributed by atoms with Crippen molar-refractivity contribution < 1.29 is 4.79 Å². The molecule has 2 N–H and O–H groups in total. The number of nitrogens with zero attached hydrogens (tertiary/aromatic N) is 3. The summed E-state index contributed by atoms with van der Waals surface area (Å²) in [5.74, 6) is 0.407. The van der Waals surface area contributed by atoms with E-state index in [1.54, 1.807) is 18.5 Å². The molecule has 0 fully saturated rings. The van der Waals surface area contributed by atoms with E-state index in [0.29, 0.717) is 18.1 Å². The Morgan fingerprint density at radius 2 is 2.20 bits per heavy atom. The highest BCUT2D eigenvalue weighted by Gasteiger charge is 2.08. The van der Waals surface area contributed by atoms with Gasteiger partial charge in [-0.3, -0.25) is 9.78 Å². The zero-order valence-corrected chi connectivity index (χ0v) is 11.5. The van der Waals surface area contributed by atoms with Crippen LogP contribution >= 0.6 is 0 Å². The number of pyridine rings is 1. The molecule has 0 saturated heterocycles. The molecule has 6 nitrogen and oxygen atoms in total. The first-order valence-electron chi connectivity index (χ1n) is 6.41. The summed E-state index contributed by atoms with van der Waals surface area (Å²) >= 11 is 0. The van der Waals surface area contributed by atoms with Gasteiger partial charge in [0.2, 0.25) is 0 Å². The molecule has 1 amide bonds. The predicted octanol–water partition coefficient (Wildman–Crippen LogP) is 1.62. The number of anilines is 1. The molecular formula is C14H17N5O. The highest BCUT2D eigenvalue weighted by Crippen LogP contribution is 2.06. The Morgan fingerprint density at radius 3 is 2.90 bits per heavy atom. The molecule has 2 rings (SSSR count). The number of nitrogens with one attached hydrogen (secondary N) is 2. The number of hydrogen-bond donors (Lipinski definition) is 2. The SMILES string of the molecule is CC(C)Nc1cc(C(=O)NCc2cccnc2)ncn1. The van der Waals surface area contributed by atoms with Crippen LogP contribution in [0.1, 0.15) is 29.9 Å². The van der Waals surface area contributed by atoms with Crippen molar-refractivity contribution >= 4 is 11.7 Å². The summed E-state index contributed by atoms with van der Waals surface area (Å²) < 4.78 is 0. The van der Waals surface area contributed by atoms with E-state index >= 15 is 0 Å². The zero-order valence-electron chi connectivity index (χ0n) is 11.5. The van der Waals surface area contributed by atoms with Crippen LogP contribution in [-0.4, -0.2) is 26.9 Å². The lowest BCUT2D eigenvalue weighted by Gasteiger charge is -2.09. The summed E-state index contributed by atoms with van der Waals surface area (Å²) in [5, 5.41) is 5.93. The van der Waals surface area contributed by atoms with Gasteiger partial charge in [-0.1, -0.05) is 6.07 Å². The third kappa shape index (κ3) is 4.01. The van der Waals surface area contributed by atoms with Gasteiger partial charge in [-0.2, -0.15) is 0 Å². The Bertz CT molecular complexity index is 571. The van der Waals surface area contributed by atoms with Gasteiger partial charge in [-0.05, 0) is 25.5 Å². The first kappa shape index (κ1) is 13.9. The van der Waals surface area contributed by atoms with Gasteiger partial charge in [0, 0.05) is 31.0 Å². The van der Waals surface area contributed by atoms with Crippen molar-refractivity contribution in [3.63, 3.8) is 0 Å². The quantitative estimate of drug-likeness (QED) is 0.864. The lowest BCUT2D eigenvalue weighted by molar-refractivity contribution is 0.0945. The molecule has 2 heterocycles. The number of hydrogen-bond acceptors (Lipinski definition) is 5. The third-order valence-corrected chi connectivity index (χ3v) is 2.51. The Balaban J connectivity index is 1.98. The summed E-state index contributed by atoms with van der Waals surface area (Å²) in [7, 11) is 0. The van der Waals surface area contributed by atoms with E-state index in [1.807, 2.05) is 26.0 Å². The number of aromatic nitrogens is 3. The second-order valence-corrected chi connectivity index (χ2v) is 4.63. The minimum absolute atomic E-state index is 0.233. The first-order chi connectivity index (χ1) is 9.65. The fourth-order valence-corrected chi connectivity index (χ4v) is 1.63. The number of carbonyl (C=O) groups excluding carboxylic acids is 1. The average Bonchev–Trinajstić information content (AvgIpc) is 2.45. The lowest BCUT2D eigenvalue weighted by atomic mass is 10.3. The highest BCUT2D eigenvalue weighted by molar-refractivity contribution is 5.92. The maximum Gasteiger partial charge on any atom is 0.270 e. The van der Waals surface area contributed by atoms with Gasteiger partial charge < -0.3 is 10.6 Å². The van der Waals surface area contributed by atoms with Crippen molar-refractivity contribution in [2.45, 2.75) is 26.4 Å². The van der Waals surface area contributed by atoms with Crippen molar-refractivity contribution in [1.82, 2.24) is 20.3 Å². The fraction of sp³-hybridized carbons (Fsp3) is 0.286. The monoisotopic (exact) mass is 271 g/mol. The van der Waals surface area contributed by atoms with Gasteiger partial charge in [0.25, 0.3) is 5.91 Å². The van der Waals surface area contributed by atoms with Gasteiger partial charge in [-0.15, -0.1) is 0 Å². The minimum Gasteiger partial charge on any atom is -0.368 e. The minimum atomic E-state index is -0.233. The standard InChI is InChI=1S/C14H17N5O/c1-10(2)19-13-6-12(17-9-18-13)14(20)16-8-11-4-3-5-15-7-11/h3-7,9-10H,8H2,1-2H3,(H,16,20)(H,17,18,19). The molecule has 0 aliphatic carbocycles. The van der Waals surface area contributed by atoms with Crippen LogP contribution in [0.25, 0.3) is 0 Å². The highest BCUT2D eigenvalue weighted by atomic mass is 16.1. The fourth-order valence-electron chi connectivity index (χ4n) is 1.63. The molecule has 0 saturated carbocycles. The number of amides is 1. The summed E-state index contributed by atoms with van der Waals surface area (Å²) in [6.45, 7) is 4.43. The van der Waals surface area contributed by atoms with Gasteiger partial charge in [0.1, 0.15) is 17.8 Å². The van der Waals surface area contributed by atoms with Gasteiger partial charge in [0.15, 0.2) is 0 Å². The first-order valence-corrected chi connectivity index (χ1v) is 6.41. The van der Waals surface area contributed by atoms with E-state index in [0.717, 1.165) is 5.56 Å². The largest absolute Gasteiger partial charge is 0.368 e. The molecule has 0 bridgehead atoms. The Morgan fingerprint density at radius 1 is 1.35 bits per heavy atom. The molecule has 0 unspecified atom stereocenters. The van der Waals surface area contributed by atoms with Crippen molar-refractivity contribution in [3.8, 4) is 0 Å². The molecule has 2 aromatic rings. The molecule has 2 aromatic heterocycles. The van der Waals surface area contributed by atoms with E-state index in [4.69, 9.17) is 0 Å². The van der Waals surface area contributed by atoms with Crippen molar-refractivity contribution in [3.05, 3.63) is 48.2 Å². The Labute approximate surface area is 117 Å². The molecule has 0 aliphatic heterocycles.